The van der Waals surface area contributed by atoms with Crippen molar-refractivity contribution >= 4 is 23.6 Å². The van der Waals surface area contributed by atoms with Crippen LogP contribution in [0.2, 0.25) is 5.02 Å². The summed E-state index contributed by atoms with van der Waals surface area (Å²) in [7, 11) is 0. The topological polar surface area (TPSA) is 72.6 Å². The zero-order chi connectivity index (χ0) is 15.2. The number of primary amides is 1. The molecular formula is C15H19ClN2O3. The molecule has 0 unspecified atom stereocenters. The Labute approximate surface area is 129 Å². The minimum atomic E-state index is -0.480. The Morgan fingerprint density at radius 2 is 2.24 bits per heavy atom. The van der Waals surface area contributed by atoms with Crippen molar-refractivity contribution in [3.8, 4) is 0 Å². The van der Waals surface area contributed by atoms with E-state index in [2.05, 4.69) is 0 Å². The maximum atomic E-state index is 12.0. The fourth-order valence-corrected chi connectivity index (χ4v) is 2.66. The van der Waals surface area contributed by atoms with Crippen molar-refractivity contribution in [1.82, 2.24) is 4.90 Å². The number of halogens is 1. The fraction of sp³-hybridized carbons (Fsp3) is 0.467. The Morgan fingerprint density at radius 3 is 2.95 bits per heavy atom. The average Bonchev–Trinajstić information content (AvgIpc) is 2.47. The molecule has 0 saturated carbocycles. The maximum absolute atomic E-state index is 12.0. The van der Waals surface area contributed by atoms with Gasteiger partial charge in [0.15, 0.2) is 0 Å². The quantitative estimate of drug-likeness (QED) is 0.867. The van der Waals surface area contributed by atoms with E-state index in [1.165, 1.54) is 4.90 Å². The summed E-state index contributed by atoms with van der Waals surface area (Å²) in [5.41, 5.74) is 6.27. The van der Waals surface area contributed by atoms with Gasteiger partial charge >= 0.3 is 12.0 Å². The van der Waals surface area contributed by atoms with Gasteiger partial charge in [0.2, 0.25) is 0 Å². The number of hydrogen-bond acceptors (Lipinski definition) is 3. The molecule has 1 aliphatic rings. The molecule has 2 N–H and O–H groups in total. The number of carbonyl (C=O) groups is 2. The molecule has 1 atom stereocenters. The number of benzene rings is 1. The van der Waals surface area contributed by atoms with Crippen LogP contribution in [0.5, 0.6) is 0 Å². The van der Waals surface area contributed by atoms with Gasteiger partial charge in [-0.2, -0.15) is 0 Å². The van der Waals surface area contributed by atoms with E-state index in [1.54, 1.807) is 6.07 Å². The number of nitrogens with zero attached hydrogens (tertiary/aromatic N) is 1. The number of esters is 1. The van der Waals surface area contributed by atoms with Crippen molar-refractivity contribution in [2.24, 2.45) is 11.7 Å². The number of rotatable bonds is 4. The van der Waals surface area contributed by atoms with Crippen molar-refractivity contribution in [1.29, 1.82) is 0 Å². The summed E-state index contributed by atoms with van der Waals surface area (Å²) >= 11 is 5.90. The average molecular weight is 311 g/mol. The molecular weight excluding hydrogens is 292 g/mol. The monoisotopic (exact) mass is 310 g/mol. The van der Waals surface area contributed by atoms with Gasteiger partial charge in [-0.1, -0.05) is 23.7 Å². The third kappa shape index (κ3) is 4.63. The van der Waals surface area contributed by atoms with E-state index in [1.807, 2.05) is 18.2 Å². The zero-order valence-electron chi connectivity index (χ0n) is 11.8. The molecule has 6 heteroatoms. The maximum Gasteiger partial charge on any atom is 0.314 e. The molecule has 0 bridgehead atoms. The minimum Gasteiger partial charge on any atom is -0.465 e. The Kier molecular flexibility index (Phi) is 5.44. The normalized spacial score (nSPS) is 18.3. The number of urea groups is 1. The predicted molar refractivity (Wildman–Crippen MR) is 80.0 cm³/mol. The molecule has 1 aromatic rings. The fourth-order valence-electron chi connectivity index (χ4n) is 2.45. The summed E-state index contributed by atoms with van der Waals surface area (Å²) in [6.45, 7) is 1.28. The van der Waals surface area contributed by atoms with Crippen LogP contribution < -0.4 is 5.73 Å². The zero-order valence-corrected chi connectivity index (χ0v) is 12.5. The Morgan fingerprint density at radius 1 is 1.43 bits per heavy atom. The smallest absolute Gasteiger partial charge is 0.314 e. The highest BCUT2D eigenvalue weighted by molar-refractivity contribution is 6.30. The van der Waals surface area contributed by atoms with Crippen LogP contribution in [0.4, 0.5) is 4.79 Å². The van der Waals surface area contributed by atoms with E-state index in [0.29, 0.717) is 31.1 Å². The van der Waals surface area contributed by atoms with Gasteiger partial charge in [-0.15, -0.1) is 0 Å². The number of hydrogen-bond donors (Lipinski definition) is 1. The first kappa shape index (κ1) is 15.6. The molecule has 0 radical (unpaired) electrons. The summed E-state index contributed by atoms with van der Waals surface area (Å²) in [5.74, 6) is -0.534. The van der Waals surface area contributed by atoms with E-state index in [4.69, 9.17) is 22.1 Å². The van der Waals surface area contributed by atoms with Crippen LogP contribution in [0.1, 0.15) is 18.4 Å². The van der Waals surface area contributed by atoms with Crippen LogP contribution in [0, 0.1) is 5.92 Å². The molecule has 1 saturated heterocycles. The van der Waals surface area contributed by atoms with Gasteiger partial charge in [0.1, 0.15) is 0 Å². The second-order valence-corrected chi connectivity index (χ2v) is 5.61. The number of nitrogens with two attached hydrogens (primary N) is 1. The lowest BCUT2D eigenvalue weighted by molar-refractivity contribution is -0.149. The molecule has 114 valence electrons. The number of piperidine rings is 1. The lowest BCUT2D eigenvalue weighted by Crippen LogP contribution is -2.45. The number of likely N-dealkylation sites (tertiary alicyclic amines) is 1. The van der Waals surface area contributed by atoms with Crippen LogP contribution in [-0.4, -0.2) is 36.6 Å². The van der Waals surface area contributed by atoms with Gasteiger partial charge in [-0.05, 0) is 30.5 Å². The van der Waals surface area contributed by atoms with Crippen molar-refractivity contribution < 1.29 is 14.3 Å². The molecule has 1 aromatic carbocycles. The van der Waals surface area contributed by atoms with Gasteiger partial charge in [0.05, 0.1) is 12.5 Å². The first-order chi connectivity index (χ1) is 10.1. The standard InChI is InChI=1S/C15H19ClN2O3/c16-13-5-1-3-11(9-13)6-8-21-14(19)12-4-2-7-18(10-12)15(17)20/h1,3,5,9,12H,2,4,6-8,10H2,(H2,17,20)/t12-/m1/s1. The third-order valence-corrected chi connectivity index (χ3v) is 3.83. The first-order valence-electron chi connectivity index (χ1n) is 7.01. The highest BCUT2D eigenvalue weighted by Crippen LogP contribution is 2.18. The highest BCUT2D eigenvalue weighted by Gasteiger charge is 2.28. The SMILES string of the molecule is NC(=O)N1CCC[C@@H](C(=O)OCCc2cccc(Cl)c2)C1. The van der Waals surface area contributed by atoms with E-state index in [9.17, 15) is 9.59 Å². The van der Waals surface area contributed by atoms with E-state index < -0.39 is 6.03 Å². The van der Waals surface area contributed by atoms with Crippen molar-refractivity contribution in [3.05, 3.63) is 34.9 Å². The summed E-state index contributed by atoms with van der Waals surface area (Å²) < 4.78 is 5.29. The van der Waals surface area contributed by atoms with Gasteiger partial charge in [-0.3, -0.25) is 4.79 Å². The van der Waals surface area contributed by atoms with Crippen LogP contribution in [0.15, 0.2) is 24.3 Å². The summed E-state index contributed by atoms with van der Waals surface area (Å²) in [5, 5.41) is 0.670. The van der Waals surface area contributed by atoms with Crippen LogP contribution in [0.25, 0.3) is 0 Å². The molecule has 21 heavy (non-hydrogen) atoms. The Bertz CT molecular complexity index is 521. The molecule has 5 nitrogen and oxygen atoms in total. The molecule has 1 aliphatic heterocycles. The second kappa shape index (κ2) is 7.31. The van der Waals surface area contributed by atoms with Gasteiger partial charge < -0.3 is 15.4 Å². The molecule has 0 aliphatic carbocycles. The lowest BCUT2D eigenvalue weighted by atomic mass is 9.98. The Hall–Kier alpha value is -1.75. The summed E-state index contributed by atoms with van der Waals surface area (Å²) in [6.07, 6.45) is 2.13. The van der Waals surface area contributed by atoms with Crippen LogP contribution >= 0.6 is 11.6 Å². The van der Waals surface area contributed by atoms with Crippen LogP contribution in [-0.2, 0) is 16.0 Å². The molecule has 2 rings (SSSR count). The Balaban J connectivity index is 1.78. The largest absolute Gasteiger partial charge is 0.465 e. The van der Waals surface area contributed by atoms with Crippen LogP contribution in [0.3, 0.4) is 0 Å². The lowest BCUT2D eigenvalue weighted by Gasteiger charge is -2.30. The number of amides is 2. The minimum absolute atomic E-state index is 0.261. The summed E-state index contributed by atoms with van der Waals surface area (Å²) in [6, 6.07) is 6.98. The molecule has 2 amide bonds. The van der Waals surface area contributed by atoms with E-state index in [0.717, 1.165) is 18.4 Å². The van der Waals surface area contributed by atoms with Gasteiger partial charge in [0, 0.05) is 24.5 Å². The summed E-state index contributed by atoms with van der Waals surface area (Å²) in [4.78, 5) is 24.6. The predicted octanol–water partition coefficient (Wildman–Crippen LogP) is 2.22. The highest BCUT2D eigenvalue weighted by atomic mass is 35.5. The second-order valence-electron chi connectivity index (χ2n) is 5.17. The number of ether oxygens (including phenoxy) is 1. The first-order valence-corrected chi connectivity index (χ1v) is 7.39. The molecule has 0 spiro atoms. The van der Waals surface area contributed by atoms with Crippen molar-refractivity contribution in [3.63, 3.8) is 0 Å². The third-order valence-electron chi connectivity index (χ3n) is 3.59. The molecule has 1 heterocycles. The van der Waals surface area contributed by atoms with E-state index >= 15 is 0 Å². The van der Waals surface area contributed by atoms with Gasteiger partial charge in [-0.25, -0.2) is 4.79 Å². The van der Waals surface area contributed by atoms with E-state index in [-0.39, 0.29) is 11.9 Å². The molecule has 0 aromatic heterocycles. The van der Waals surface area contributed by atoms with Gasteiger partial charge in [0.25, 0.3) is 0 Å². The number of carbonyl (C=O) groups excluding carboxylic acids is 2. The molecule has 1 fully saturated rings. The van der Waals surface area contributed by atoms with Crippen molar-refractivity contribution in [2.75, 3.05) is 19.7 Å². The van der Waals surface area contributed by atoms with Crippen molar-refractivity contribution in [2.45, 2.75) is 19.3 Å².